The van der Waals surface area contributed by atoms with Crippen LogP contribution in [0.25, 0.3) is 0 Å². The molecule has 0 heterocycles. The molecule has 0 fully saturated rings. The zero-order valence-electron chi connectivity index (χ0n) is 8.63. The van der Waals surface area contributed by atoms with Crippen molar-refractivity contribution in [3.63, 3.8) is 0 Å². The first-order chi connectivity index (χ1) is 5.93. The van der Waals surface area contributed by atoms with Crippen LogP contribution in [0.15, 0.2) is 0 Å². The monoisotopic (exact) mass is 188 g/mol. The molecule has 0 aromatic carbocycles. The molecule has 1 unspecified atom stereocenters. The van der Waals surface area contributed by atoms with Crippen LogP contribution in [0.1, 0.15) is 27.2 Å². The van der Waals surface area contributed by atoms with Gasteiger partial charge in [0.2, 0.25) is 5.91 Å². The highest BCUT2D eigenvalue weighted by atomic mass is 16.3. The number of amides is 1. The van der Waals surface area contributed by atoms with Gasteiger partial charge in [-0.1, -0.05) is 20.8 Å². The van der Waals surface area contributed by atoms with Crippen LogP contribution in [0.4, 0.5) is 0 Å². The first kappa shape index (κ1) is 12.4. The maximum Gasteiger partial charge on any atom is 0.239 e. The molecule has 78 valence electrons. The second kappa shape index (κ2) is 5.19. The van der Waals surface area contributed by atoms with Gasteiger partial charge in [0.15, 0.2) is 0 Å². The van der Waals surface area contributed by atoms with E-state index in [0.29, 0.717) is 6.54 Å². The van der Waals surface area contributed by atoms with E-state index in [4.69, 9.17) is 10.8 Å². The van der Waals surface area contributed by atoms with Gasteiger partial charge in [-0.25, -0.2) is 0 Å². The van der Waals surface area contributed by atoms with Crippen molar-refractivity contribution in [1.29, 1.82) is 0 Å². The third kappa shape index (κ3) is 4.85. The summed E-state index contributed by atoms with van der Waals surface area (Å²) in [6.45, 7) is 6.49. The zero-order valence-corrected chi connectivity index (χ0v) is 8.63. The Morgan fingerprint density at radius 1 is 1.62 bits per heavy atom. The van der Waals surface area contributed by atoms with Crippen LogP contribution in [0.3, 0.4) is 0 Å². The molecule has 0 spiro atoms. The molecular weight excluding hydrogens is 168 g/mol. The molecule has 4 heteroatoms. The van der Waals surface area contributed by atoms with Gasteiger partial charge < -0.3 is 16.2 Å². The van der Waals surface area contributed by atoms with Gasteiger partial charge in [-0.05, 0) is 11.8 Å². The zero-order chi connectivity index (χ0) is 10.5. The Labute approximate surface area is 79.5 Å². The molecule has 1 amide bonds. The highest BCUT2D eigenvalue weighted by Gasteiger charge is 2.18. The smallest absolute Gasteiger partial charge is 0.239 e. The standard InChI is InChI=1S/C9H20N2O2/c1-4-9(2,3)6-11-8(13)7(10)5-12/h7,12H,4-6,10H2,1-3H3,(H,11,13). The predicted octanol–water partition coefficient (Wildman–Crippen LogP) is -0.142. The molecule has 0 aliphatic heterocycles. The second-order valence-electron chi connectivity index (χ2n) is 4.02. The lowest BCUT2D eigenvalue weighted by Gasteiger charge is -2.23. The van der Waals surface area contributed by atoms with E-state index in [0.717, 1.165) is 6.42 Å². The normalized spacial score (nSPS) is 13.9. The molecule has 13 heavy (non-hydrogen) atoms. The highest BCUT2D eigenvalue weighted by molar-refractivity contribution is 5.81. The molecule has 0 aliphatic carbocycles. The van der Waals surface area contributed by atoms with Gasteiger partial charge in [0.25, 0.3) is 0 Å². The van der Waals surface area contributed by atoms with E-state index >= 15 is 0 Å². The van der Waals surface area contributed by atoms with E-state index in [1.807, 2.05) is 0 Å². The SMILES string of the molecule is CCC(C)(C)CNC(=O)C(N)CO. The minimum Gasteiger partial charge on any atom is -0.394 e. The molecule has 0 aromatic rings. The van der Waals surface area contributed by atoms with Crippen molar-refractivity contribution in [3.05, 3.63) is 0 Å². The summed E-state index contributed by atoms with van der Waals surface area (Å²) in [6.07, 6.45) is 0.988. The Morgan fingerprint density at radius 3 is 2.54 bits per heavy atom. The first-order valence-corrected chi connectivity index (χ1v) is 4.57. The number of carbonyl (C=O) groups is 1. The molecule has 0 saturated heterocycles. The highest BCUT2D eigenvalue weighted by Crippen LogP contribution is 2.17. The van der Waals surface area contributed by atoms with Crippen LogP contribution >= 0.6 is 0 Å². The van der Waals surface area contributed by atoms with Crippen molar-refractivity contribution < 1.29 is 9.90 Å². The third-order valence-electron chi connectivity index (χ3n) is 2.23. The van der Waals surface area contributed by atoms with E-state index in [-0.39, 0.29) is 17.9 Å². The Morgan fingerprint density at radius 2 is 2.15 bits per heavy atom. The van der Waals surface area contributed by atoms with Crippen LogP contribution in [0.2, 0.25) is 0 Å². The van der Waals surface area contributed by atoms with Gasteiger partial charge in [-0.15, -0.1) is 0 Å². The Bertz CT molecular complexity index is 169. The lowest BCUT2D eigenvalue weighted by molar-refractivity contribution is -0.123. The second-order valence-corrected chi connectivity index (χ2v) is 4.02. The van der Waals surface area contributed by atoms with Crippen molar-refractivity contribution in [3.8, 4) is 0 Å². The lowest BCUT2D eigenvalue weighted by Crippen LogP contribution is -2.45. The van der Waals surface area contributed by atoms with Crippen molar-refractivity contribution >= 4 is 5.91 Å². The largest absolute Gasteiger partial charge is 0.394 e. The summed E-state index contributed by atoms with van der Waals surface area (Å²) in [6, 6.07) is -0.798. The quantitative estimate of drug-likeness (QED) is 0.562. The summed E-state index contributed by atoms with van der Waals surface area (Å²) in [7, 11) is 0. The average molecular weight is 188 g/mol. The average Bonchev–Trinajstić information content (AvgIpc) is 2.13. The van der Waals surface area contributed by atoms with Gasteiger partial charge >= 0.3 is 0 Å². The molecule has 0 rings (SSSR count). The van der Waals surface area contributed by atoms with Crippen LogP contribution in [0.5, 0.6) is 0 Å². The molecule has 0 bridgehead atoms. The number of aliphatic hydroxyl groups is 1. The third-order valence-corrected chi connectivity index (χ3v) is 2.23. The summed E-state index contributed by atoms with van der Waals surface area (Å²) < 4.78 is 0. The fraction of sp³-hybridized carbons (Fsp3) is 0.889. The molecule has 4 N–H and O–H groups in total. The maximum atomic E-state index is 11.1. The summed E-state index contributed by atoms with van der Waals surface area (Å²) in [5, 5.41) is 11.3. The molecule has 0 saturated carbocycles. The van der Waals surface area contributed by atoms with Crippen molar-refractivity contribution in [2.75, 3.05) is 13.2 Å². The minimum absolute atomic E-state index is 0.0881. The molecule has 4 nitrogen and oxygen atoms in total. The molecule has 0 aliphatic rings. The molecule has 0 radical (unpaired) electrons. The minimum atomic E-state index is -0.798. The van der Waals surface area contributed by atoms with Crippen LogP contribution in [-0.2, 0) is 4.79 Å². The van der Waals surface area contributed by atoms with Crippen LogP contribution < -0.4 is 11.1 Å². The Hall–Kier alpha value is -0.610. The van der Waals surface area contributed by atoms with E-state index in [9.17, 15) is 4.79 Å². The topological polar surface area (TPSA) is 75.4 Å². The van der Waals surface area contributed by atoms with E-state index < -0.39 is 6.04 Å². The van der Waals surface area contributed by atoms with Gasteiger partial charge in [0, 0.05) is 6.54 Å². The Balaban J connectivity index is 3.83. The van der Waals surface area contributed by atoms with E-state index in [2.05, 4.69) is 26.1 Å². The van der Waals surface area contributed by atoms with Gasteiger partial charge in [-0.3, -0.25) is 4.79 Å². The fourth-order valence-electron chi connectivity index (χ4n) is 0.665. The molecule has 1 atom stereocenters. The van der Waals surface area contributed by atoms with Gasteiger partial charge in [-0.2, -0.15) is 0 Å². The van der Waals surface area contributed by atoms with Gasteiger partial charge in [0.05, 0.1) is 6.61 Å². The summed E-state index contributed by atoms with van der Waals surface area (Å²) in [5.41, 5.74) is 5.41. The summed E-state index contributed by atoms with van der Waals surface area (Å²) in [5.74, 6) is -0.288. The van der Waals surface area contributed by atoms with E-state index in [1.165, 1.54) is 0 Å². The first-order valence-electron chi connectivity index (χ1n) is 4.57. The Kier molecular flexibility index (Phi) is 4.95. The predicted molar refractivity (Wildman–Crippen MR) is 52.1 cm³/mol. The van der Waals surface area contributed by atoms with Crippen molar-refractivity contribution in [2.45, 2.75) is 33.2 Å². The van der Waals surface area contributed by atoms with Gasteiger partial charge in [0.1, 0.15) is 6.04 Å². The lowest BCUT2D eigenvalue weighted by atomic mass is 9.90. The van der Waals surface area contributed by atoms with Crippen molar-refractivity contribution in [2.24, 2.45) is 11.1 Å². The van der Waals surface area contributed by atoms with E-state index in [1.54, 1.807) is 0 Å². The maximum absolute atomic E-state index is 11.1. The number of aliphatic hydroxyl groups excluding tert-OH is 1. The number of nitrogens with one attached hydrogen (secondary N) is 1. The number of carbonyl (C=O) groups excluding carboxylic acids is 1. The van der Waals surface area contributed by atoms with Crippen LogP contribution in [-0.4, -0.2) is 30.2 Å². The number of nitrogens with two attached hydrogens (primary N) is 1. The molecule has 0 aromatic heterocycles. The fourth-order valence-corrected chi connectivity index (χ4v) is 0.665. The summed E-state index contributed by atoms with van der Waals surface area (Å²) in [4.78, 5) is 11.1. The number of hydrogen-bond donors (Lipinski definition) is 3. The molecular formula is C9H20N2O2. The summed E-state index contributed by atoms with van der Waals surface area (Å²) >= 11 is 0. The van der Waals surface area contributed by atoms with Crippen LogP contribution in [0, 0.1) is 5.41 Å². The number of hydrogen-bond acceptors (Lipinski definition) is 3. The van der Waals surface area contributed by atoms with Crippen molar-refractivity contribution in [1.82, 2.24) is 5.32 Å². The number of rotatable bonds is 5.